The van der Waals surface area contributed by atoms with Gasteiger partial charge in [-0.25, -0.2) is 0 Å². The average Bonchev–Trinajstić information content (AvgIpc) is 3.49. The molecule has 0 aliphatic rings. The van der Waals surface area contributed by atoms with Crippen molar-refractivity contribution in [2.45, 2.75) is 438 Å². The summed E-state index contributed by atoms with van der Waals surface area (Å²) in [6.45, 7) is 6.69. The van der Waals surface area contributed by atoms with Crippen LogP contribution in [0.1, 0.15) is 432 Å². The molecule has 0 bridgehead atoms. The van der Waals surface area contributed by atoms with Crippen LogP contribution >= 0.6 is 0 Å². The zero-order valence-corrected chi connectivity index (χ0v) is 56.5. The van der Waals surface area contributed by atoms with Crippen molar-refractivity contribution in [3.8, 4) is 0 Å². The number of carbonyl (C=O) groups is 3. The minimum absolute atomic E-state index is 0.0647. The van der Waals surface area contributed by atoms with Crippen LogP contribution < -0.4 is 0 Å². The van der Waals surface area contributed by atoms with E-state index in [4.69, 9.17) is 14.2 Å². The highest BCUT2D eigenvalue weighted by Gasteiger charge is 2.20. The minimum Gasteiger partial charge on any atom is -0.462 e. The summed E-state index contributed by atoms with van der Waals surface area (Å²) >= 11 is 0. The SMILES string of the molecule is CCCCCCC/C=C\C/C=C\CCCCCCCCCCCCCCCC(=O)OC(COC(=O)CCCCCCCCCCC)COC(=O)CCCCCCCCCCCCCCCCCCCCCCCCCCCCCCCCC. The van der Waals surface area contributed by atoms with Gasteiger partial charge in [0.05, 0.1) is 0 Å². The molecule has 1 atom stereocenters. The van der Waals surface area contributed by atoms with Gasteiger partial charge in [-0.1, -0.05) is 385 Å². The van der Waals surface area contributed by atoms with Crippen molar-refractivity contribution >= 4 is 17.9 Å². The molecule has 0 aliphatic carbocycles. The molecule has 0 aliphatic heterocycles. The van der Waals surface area contributed by atoms with Gasteiger partial charge in [-0.2, -0.15) is 0 Å². The molecule has 0 saturated carbocycles. The highest BCUT2D eigenvalue weighted by molar-refractivity contribution is 5.71. The van der Waals surface area contributed by atoms with Gasteiger partial charge in [0, 0.05) is 19.3 Å². The number of carbonyl (C=O) groups excluding carboxylic acids is 3. The van der Waals surface area contributed by atoms with Crippen LogP contribution in [0.15, 0.2) is 24.3 Å². The van der Waals surface area contributed by atoms with E-state index in [0.29, 0.717) is 19.3 Å². The second-order valence-electron chi connectivity index (χ2n) is 25.9. The molecular formula is C77H146O6. The highest BCUT2D eigenvalue weighted by atomic mass is 16.6. The van der Waals surface area contributed by atoms with E-state index in [9.17, 15) is 14.4 Å². The zero-order valence-electron chi connectivity index (χ0n) is 56.5. The van der Waals surface area contributed by atoms with E-state index in [1.165, 1.54) is 327 Å². The normalized spacial score (nSPS) is 12.1. The van der Waals surface area contributed by atoms with Gasteiger partial charge < -0.3 is 14.2 Å². The van der Waals surface area contributed by atoms with Crippen LogP contribution in [0.2, 0.25) is 0 Å². The Morgan fingerprint density at radius 3 is 0.663 bits per heavy atom. The molecule has 0 rings (SSSR count). The maximum Gasteiger partial charge on any atom is 0.306 e. The van der Waals surface area contributed by atoms with Crippen molar-refractivity contribution in [3.63, 3.8) is 0 Å². The number of esters is 3. The molecular weight excluding hydrogens is 1020 g/mol. The quantitative estimate of drug-likeness (QED) is 0.0261. The Labute approximate surface area is 519 Å². The lowest BCUT2D eigenvalue weighted by Crippen LogP contribution is -2.30. The van der Waals surface area contributed by atoms with Crippen LogP contribution in [0, 0.1) is 0 Å². The smallest absolute Gasteiger partial charge is 0.306 e. The summed E-state index contributed by atoms with van der Waals surface area (Å²) in [5.74, 6) is -0.836. The van der Waals surface area contributed by atoms with Gasteiger partial charge in [0.15, 0.2) is 6.10 Å². The van der Waals surface area contributed by atoms with Crippen molar-refractivity contribution in [1.29, 1.82) is 0 Å². The number of hydrogen-bond donors (Lipinski definition) is 0. The van der Waals surface area contributed by atoms with E-state index >= 15 is 0 Å². The Morgan fingerprint density at radius 2 is 0.434 bits per heavy atom. The molecule has 83 heavy (non-hydrogen) atoms. The third-order valence-corrected chi connectivity index (χ3v) is 17.5. The predicted molar refractivity (Wildman–Crippen MR) is 363 cm³/mol. The fraction of sp³-hybridized carbons (Fsp3) is 0.909. The van der Waals surface area contributed by atoms with Gasteiger partial charge in [0.1, 0.15) is 13.2 Å². The van der Waals surface area contributed by atoms with Crippen molar-refractivity contribution in [3.05, 3.63) is 24.3 Å². The van der Waals surface area contributed by atoms with Gasteiger partial charge in [0.2, 0.25) is 0 Å². The van der Waals surface area contributed by atoms with E-state index in [0.717, 1.165) is 64.2 Å². The molecule has 0 aromatic heterocycles. The predicted octanol–water partition coefficient (Wildman–Crippen LogP) is 26.1. The van der Waals surface area contributed by atoms with Crippen LogP contribution in [-0.4, -0.2) is 37.2 Å². The molecule has 0 radical (unpaired) electrons. The summed E-state index contributed by atoms with van der Waals surface area (Å²) in [4.78, 5) is 38.3. The van der Waals surface area contributed by atoms with Crippen molar-refractivity contribution in [1.82, 2.24) is 0 Å². The molecule has 6 heteroatoms. The third-order valence-electron chi connectivity index (χ3n) is 17.5. The average molecular weight is 1170 g/mol. The number of hydrogen-bond acceptors (Lipinski definition) is 6. The second-order valence-corrected chi connectivity index (χ2v) is 25.9. The van der Waals surface area contributed by atoms with Gasteiger partial charge in [-0.05, 0) is 51.4 Å². The summed E-state index contributed by atoms with van der Waals surface area (Å²) in [5, 5.41) is 0. The van der Waals surface area contributed by atoms with E-state index in [1.807, 2.05) is 0 Å². The monoisotopic (exact) mass is 1170 g/mol. The van der Waals surface area contributed by atoms with Crippen molar-refractivity contribution in [2.24, 2.45) is 0 Å². The number of unbranched alkanes of at least 4 members (excludes halogenated alkanes) is 56. The first-order valence-electron chi connectivity index (χ1n) is 37.8. The van der Waals surface area contributed by atoms with E-state index < -0.39 is 6.10 Å². The van der Waals surface area contributed by atoms with Crippen LogP contribution in [0.25, 0.3) is 0 Å². The lowest BCUT2D eigenvalue weighted by molar-refractivity contribution is -0.167. The van der Waals surface area contributed by atoms with Gasteiger partial charge in [-0.15, -0.1) is 0 Å². The van der Waals surface area contributed by atoms with Crippen LogP contribution in [0.5, 0.6) is 0 Å². The van der Waals surface area contributed by atoms with Crippen LogP contribution in [0.3, 0.4) is 0 Å². The van der Waals surface area contributed by atoms with Crippen molar-refractivity contribution < 1.29 is 28.6 Å². The molecule has 6 nitrogen and oxygen atoms in total. The Kier molecular flexibility index (Phi) is 70.5. The highest BCUT2D eigenvalue weighted by Crippen LogP contribution is 2.19. The molecule has 0 saturated heterocycles. The fourth-order valence-corrected chi connectivity index (χ4v) is 11.8. The standard InChI is InChI=1S/C77H146O6/c1-4-7-10-13-16-19-21-23-25-27-29-31-33-35-36-37-38-39-40-42-43-45-47-49-51-53-55-58-61-64-67-70-76(79)82-73-74(72-81-75(78)69-66-63-60-57-18-15-12-9-6-3)83-77(80)71-68-65-62-59-56-54-52-50-48-46-44-41-34-32-30-28-26-24-22-20-17-14-11-8-5-2/h22,24,28,30,74H,4-21,23,25-27,29,31-73H2,1-3H3/b24-22-,30-28-. The topological polar surface area (TPSA) is 78.9 Å². The first-order chi connectivity index (χ1) is 41.0. The Morgan fingerprint density at radius 1 is 0.241 bits per heavy atom. The molecule has 0 N–H and O–H groups in total. The maximum absolute atomic E-state index is 12.9. The number of allylic oxidation sites excluding steroid dienone is 4. The fourth-order valence-electron chi connectivity index (χ4n) is 11.8. The van der Waals surface area contributed by atoms with E-state index in [1.54, 1.807) is 0 Å². The summed E-state index contributed by atoms with van der Waals surface area (Å²) < 4.78 is 17.0. The number of ether oxygens (including phenoxy) is 3. The number of rotatable bonds is 71. The van der Waals surface area contributed by atoms with Crippen LogP contribution in [0.4, 0.5) is 0 Å². The first kappa shape index (κ1) is 80.9. The second kappa shape index (κ2) is 72.4. The molecule has 0 aromatic rings. The zero-order chi connectivity index (χ0) is 59.9. The first-order valence-corrected chi connectivity index (χ1v) is 37.8. The maximum atomic E-state index is 12.9. The van der Waals surface area contributed by atoms with Gasteiger partial charge in [-0.3, -0.25) is 14.4 Å². The lowest BCUT2D eigenvalue weighted by Gasteiger charge is -2.18. The third kappa shape index (κ3) is 70.5. The van der Waals surface area contributed by atoms with Gasteiger partial charge >= 0.3 is 17.9 Å². The molecule has 0 heterocycles. The van der Waals surface area contributed by atoms with E-state index in [2.05, 4.69) is 45.1 Å². The Hall–Kier alpha value is -2.11. The summed E-state index contributed by atoms with van der Waals surface area (Å²) in [6, 6.07) is 0. The summed E-state index contributed by atoms with van der Waals surface area (Å²) in [5.41, 5.74) is 0. The summed E-state index contributed by atoms with van der Waals surface area (Å²) in [7, 11) is 0. The van der Waals surface area contributed by atoms with E-state index in [-0.39, 0.29) is 31.1 Å². The van der Waals surface area contributed by atoms with Crippen LogP contribution in [-0.2, 0) is 28.6 Å². The van der Waals surface area contributed by atoms with Gasteiger partial charge in [0.25, 0.3) is 0 Å². The molecule has 490 valence electrons. The van der Waals surface area contributed by atoms with Crippen molar-refractivity contribution in [2.75, 3.05) is 13.2 Å². The Bertz CT molecular complexity index is 1340. The molecule has 0 spiro atoms. The Balaban J connectivity index is 4.04. The molecule has 0 amide bonds. The minimum atomic E-state index is -0.768. The lowest BCUT2D eigenvalue weighted by atomic mass is 10.0. The molecule has 0 aromatic carbocycles. The molecule has 1 unspecified atom stereocenters. The largest absolute Gasteiger partial charge is 0.462 e. The molecule has 0 fully saturated rings. The summed E-state index contributed by atoms with van der Waals surface area (Å²) in [6.07, 6.45) is 89.7.